The molecule has 2 N–H and O–H groups in total. The summed E-state index contributed by atoms with van der Waals surface area (Å²) in [5.74, 6) is 0. The molecule has 1 aliphatic rings. The van der Waals surface area contributed by atoms with Crippen LogP contribution in [0.3, 0.4) is 0 Å². The lowest BCUT2D eigenvalue weighted by atomic mass is 10.2. The van der Waals surface area contributed by atoms with Gasteiger partial charge in [-0.3, -0.25) is 0 Å². The van der Waals surface area contributed by atoms with E-state index in [1.54, 1.807) is 11.3 Å². The Bertz CT molecular complexity index is 482. The Balaban J connectivity index is 1.70. The smallest absolute Gasteiger partial charge is 0.407 e. The van der Waals surface area contributed by atoms with E-state index in [4.69, 9.17) is 4.74 Å². The van der Waals surface area contributed by atoms with Crippen molar-refractivity contribution in [3.05, 3.63) is 16.1 Å². The zero-order chi connectivity index (χ0) is 15.5. The number of nitrogens with one attached hydrogen (secondary N) is 2. The van der Waals surface area contributed by atoms with E-state index in [2.05, 4.69) is 15.6 Å². The summed E-state index contributed by atoms with van der Waals surface area (Å²) in [4.78, 5) is 17.3. The molecule has 0 saturated heterocycles. The fourth-order valence-corrected chi connectivity index (χ4v) is 3.25. The standard InChI is InChI=1S/C15H25N3O2S/c1-10-16-8-13(21-10)9-17-11-5-6-12(7-11)18-14(19)20-15(2,3)4/h8,11-12,17H,5-7,9H2,1-4H3,(H,18,19). The predicted octanol–water partition coefficient (Wildman–Crippen LogP) is 2.99. The summed E-state index contributed by atoms with van der Waals surface area (Å²) in [6.07, 6.45) is 4.65. The van der Waals surface area contributed by atoms with Crippen LogP contribution >= 0.6 is 11.3 Å². The first-order valence-electron chi connectivity index (χ1n) is 7.46. The number of alkyl carbamates (subject to hydrolysis) is 1. The fourth-order valence-electron chi connectivity index (χ4n) is 2.50. The van der Waals surface area contributed by atoms with Crippen molar-refractivity contribution < 1.29 is 9.53 Å². The number of aromatic nitrogens is 1. The molecule has 0 spiro atoms. The molecular weight excluding hydrogens is 286 g/mol. The van der Waals surface area contributed by atoms with E-state index < -0.39 is 5.60 Å². The number of aryl methyl sites for hydroxylation is 1. The van der Waals surface area contributed by atoms with Gasteiger partial charge in [-0.2, -0.15) is 0 Å². The molecule has 1 heterocycles. The average molecular weight is 311 g/mol. The van der Waals surface area contributed by atoms with Crippen LogP contribution < -0.4 is 10.6 Å². The molecule has 0 radical (unpaired) electrons. The second kappa shape index (κ2) is 6.75. The summed E-state index contributed by atoms with van der Waals surface area (Å²) in [6.45, 7) is 8.51. The van der Waals surface area contributed by atoms with Crippen molar-refractivity contribution in [1.82, 2.24) is 15.6 Å². The number of rotatable bonds is 4. The predicted molar refractivity (Wildman–Crippen MR) is 84.5 cm³/mol. The topological polar surface area (TPSA) is 63.2 Å². The number of ether oxygens (including phenoxy) is 1. The summed E-state index contributed by atoms with van der Waals surface area (Å²) in [7, 11) is 0. The van der Waals surface area contributed by atoms with Crippen LogP contribution in [0.5, 0.6) is 0 Å². The quantitative estimate of drug-likeness (QED) is 0.897. The minimum Gasteiger partial charge on any atom is -0.444 e. The number of amides is 1. The molecule has 6 heteroatoms. The Morgan fingerprint density at radius 2 is 2.14 bits per heavy atom. The summed E-state index contributed by atoms with van der Waals surface area (Å²) >= 11 is 1.73. The molecular formula is C15H25N3O2S. The number of thiazole rings is 1. The van der Waals surface area contributed by atoms with E-state index in [0.29, 0.717) is 6.04 Å². The Morgan fingerprint density at radius 3 is 2.76 bits per heavy atom. The van der Waals surface area contributed by atoms with Crippen LogP contribution in [0.4, 0.5) is 4.79 Å². The lowest BCUT2D eigenvalue weighted by molar-refractivity contribution is 0.0505. The molecule has 1 amide bonds. The van der Waals surface area contributed by atoms with Crippen molar-refractivity contribution in [1.29, 1.82) is 0 Å². The zero-order valence-electron chi connectivity index (χ0n) is 13.2. The fraction of sp³-hybridized carbons (Fsp3) is 0.733. The van der Waals surface area contributed by atoms with E-state index in [0.717, 1.165) is 30.8 Å². The van der Waals surface area contributed by atoms with Gasteiger partial charge in [-0.1, -0.05) is 0 Å². The normalized spacial score (nSPS) is 22.3. The van der Waals surface area contributed by atoms with Crippen molar-refractivity contribution in [3.63, 3.8) is 0 Å². The highest BCUT2D eigenvalue weighted by Crippen LogP contribution is 2.21. The van der Waals surface area contributed by atoms with Gasteiger partial charge in [-0.25, -0.2) is 9.78 Å². The van der Waals surface area contributed by atoms with Gasteiger partial charge in [-0.15, -0.1) is 11.3 Å². The maximum atomic E-state index is 11.7. The molecule has 5 nitrogen and oxygen atoms in total. The minimum atomic E-state index is -0.440. The van der Waals surface area contributed by atoms with Gasteiger partial charge in [0.05, 0.1) is 5.01 Å². The summed E-state index contributed by atoms with van der Waals surface area (Å²) in [5, 5.41) is 7.60. The second-order valence-corrected chi connectivity index (χ2v) is 7.90. The van der Waals surface area contributed by atoms with Crippen LogP contribution in [-0.2, 0) is 11.3 Å². The first-order chi connectivity index (χ1) is 9.82. The molecule has 0 aromatic carbocycles. The summed E-state index contributed by atoms with van der Waals surface area (Å²) < 4.78 is 5.29. The van der Waals surface area contributed by atoms with Crippen LogP contribution in [0.15, 0.2) is 6.20 Å². The van der Waals surface area contributed by atoms with Crippen LogP contribution in [-0.4, -0.2) is 28.8 Å². The molecule has 1 fully saturated rings. The molecule has 1 aromatic heterocycles. The monoisotopic (exact) mass is 311 g/mol. The molecule has 2 rings (SSSR count). The van der Waals surface area contributed by atoms with Crippen LogP contribution in [0, 0.1) is 6.92 Å². The molecule has 1 saturated carbocycles. The molecule has 0 bridgehead atoms. The molecule has 0 aliphatic heterocycles. The van der Waals surface area contributed by atoms with Crippen LogP contribution in [0.1, 0.15) is 49.9 Å². The Morgan fingerprint density at radius 1 is 1.43 bits per heavy atom. The van der Waals surface area contributed by atoms with E-state index in [9.17, 15) is 4.79 Å². The highest BCUT2D eigenvalue weighted by Gasteiger charge is 2.27. The van der Waals surface area contributed by atoms with Gasteiger partial charge < -0.3 is 15.4 Å². The number of carbonyl (C=O) groups is 1. The second-order valence-electron chi connectivity index (χ2n) is 6.58. The SMILES string of the molecule is Cc1ncc(CNC2CCC(NC(=O)OC(C)(C)C)C2)s1. The molecule has 118 valence electrons. The first-order valence-corrected chi connectivity index (χ1v) is 8.28. The van der Waals surface area contributed by atoms with E-state index in [1.807, 2.05) is 33.9 Å². The van der Waals surface area contributed by atoms with Gasteiger partial charge in [0.1, 0.15) is 5.60 Å². The van der Waals surface area contributed by atoms with Gasteiger partial charge in [0.15, 0.2) is 0 Å². The van der Waals surface area contributed by atoms with Crippen molar-refractivity contribution in [2.45, 2.75) is 71.2 Å². The third-order valence-corrected chi connectivity index (χ3v) is 4.30. The lowest BCUT2D eigenvalue weighted by Crippen LogP contribution is -2.38. The Hall–Kier alpha value is -1.14. The van der Waals surface area contributed by atoms with Crippen LogP contribution in [0.2, 0.25) is 0 Å². The summed E-state index contributed by atoms with van der Waals surface area (Å²) in [5.41, 5.74) is -0.440. The third-order valence-electron chi connectivity index (χ3n) is 3.39. The Kier molecular flexibility index (Phi) is 5.22. The third kappa shape index (κ3) is 5.63. The largest absolute Gasteiger partial charge is 0.444 e. The zero-order valence-corrected chi connectivity index (χ0v) is 14.0. The number of nitrogens with zero attached hydrogens (tertiary/aromatic N) is 1. The maximum Gasteiger partial charge on any atom is 0.407 e. The first kappa shape index (κ1) is 16.2. The van der Waals surface area contributed by atoms with Gasteiger partial charge in [0, 0.05) is 29.7 Å². The molecule has 2 atom stereocenters. The highest BCUT2D eigenvalue weighted by atomic mass is 32.1. The van der Waals surface area contributed by atoms with Gasteiger partial charge in [-0.05, 0) is 47.0 Å². The van der Waals surface area contributed by atoms with Gasteiger partial charge >= 0.3 is 6.09 Å². The number of carbonyl (C=O) groups excluding carboxylic acids is 1. The van der Waals surface area contributed by atoms with Crippen molar-refractivity contribution in [2.75, 3.05) is 0 Å². The average Bonchev–Trinajstić information content (AvgIpc) is 2.93. The number of hydrogen-bond acceptors (Lipinski definition) is 5. The summed E-state index contributed by atoms with van der Waals surface area (Å²) in [6, 6.07) is 0.660. The highest BCUT2D eigenvalue weighted by molar-refractivity contribution is 7.11. The molecule has 1 aromatic rings. The van der Waals surface area contributed by atoms with E-state index >= 15 is 0 Å². The van der Waals surface area contributed by atoms with Gasteiger partial charge in [0.2, 0.25) is 0 Å². The van der Waals surface area contributed by atoms with Crippen molar-refractivity contribution in [2.24, 2.45) is 0 Å². The minimum absolute atomic E-state index is 0.209. The van der Waals surface area contributed by atoms with E-state index in [1.165, 1.54) is 4.88 Å². The lowest BCUT2D eigenvalue weighted by Gasteiger charge is -2.21. The van der Waals surface area contributed by atoms with Crippen molar-refractivity contribution in [3.8, 4) is 0 Å². The van der Waals surface area contributed by atoms with Gasteiger partial charge in [0.25, 0.3) is 0 Å². The molecule has 2 unspecified atom stereocenters. The molecule has 1 aliphatic carbocycles. The van der Waals surface area contributed by atoms with E-state index in [-0.39, 0.29) is 12.1 Å². The number of hydrogen-bond donors (Lipinski definition) is 2. The Labute approximate surface area is 130 Å². The molecule has 21 heavy (non-hydrogen) atoms. The van der Waals surface area contributed by atoms with Crippen LogP contribution in [0.25, 0.3) is 0 Å². The van der Waals surface area contributed by atoms with Crippen molar-refractivity contribution >= 4 is 17.4 Å². The maximum absolute atomic E-state index is 11.7.